The lowest BCUT2D eigenvalue weighted by Crippen LogP contribution is -2.39. The molecule has 3 amide bonds. The van der Waals surface area contributed by atoms with Gasteiger partial charge in [0.25, 0.3) is 0 Å². The van der Waals surface area contributed by atoms with E-state index in [1.54, 1.807) is 44.6 Å². The fourth-order valence-corrected chi connectivity index (χ4v) is 3.09. The van der Waals surface area contributed by atoms with Gasteiger partial charge in [0.1, 0.15) is 5.60 Å². The number of carbonyl (C=O) groups excluding carboxylic acids is 3. The quantitative estimate of drug-likeness (QED) is 0.803. The second-order valence-corrected chi connectivity index (χ2v) is 7.34. The molecular formula is C18H22N4O4. The number of rotatable bonds is 2. The highest BCUT2D eigenvalue weighted by Crippen LogP contribution is 2.33. The summed E-state index contributed by atoms with van der Waals surface area (Å²) in [5.74, 6) is -1.10. The molecule has 1 aromatic carbocycles. The van der Waals surface area contributed by atoms with Gasteiger partial charge in [0, 0.05) is 18.9 Å². The monoisotopic (exact) mass is 358 g/mol. The van der Waals surface area contributed by atoms with Gasteiger partial charge in [-0.2, -0.15) is 5.10 Å². The molecule has 1 unspecified atom stereocenters. The number of carbonyl (C=O) groups is 3. The first-order valence-electron chi connectivity index (χ1n) is 8.45. The van der Waals surface area contributed by atoms with Crippen LogP contribution in [0.3, 0.4) is 0 Å². The minimum absolute atomic E-state index is 0.265. The summed E-state index contributed by atoms with van der Waals surface area (Å²) in [6, 6.07) is 5.38. The number of imide groups is 1. The van der Waals surface area contributed by atoms with Gasteiger partial charge < -0.3 is 4.74 Å². The predicted molar refractivity (Wildman–Crippen MR) is 95.7 cm³/mol. The molecule has 1 fully saturated rings. The normalized spacial score (nSPS) is 17.9. The minimum atomic E-state index is -0.609. The van der Waals surface area contributed by atoms with Crippen molar-refractivity contribution in [3.8, 4) is 0 Å². The Hall–Kier alpha value is -2.90. The van der Waals surface area contributed by atoms with Crippen molar-refractivity contribution >= 4 is 34.5 Å². The number of ether oxygens (including phenoxy) is 1. The fraction of sp³-hybridized carbons (Fsp3) is 0.444. The van der Waals surface area contributed by atoms with Crippen LogP contribution in [0.25, 0.3) is 10.9 Å². The Labute approximate surface area is 150 Å². The van der Waals surface area contributed by atoms with Crippen molar-refractivity contribution in [1.29, 1.82) is 0 Å². The average Bonchev–Trinajstić information content (AvgIpc) is 2.83. The van der Waals surface area contributed by atoms with E-state index in [-0.39, 0.29) is 18.2 Å². The molecule has 0 saturated carbocycles. The Bertz CT molecular complexity index is 894. The van der Waals surface area contributed by atoms with E-state index in [9.17, 15) is 14.4 Å². The van der Waals surface area contributed by atoms with Crippen LogP contribution in [0.4, 0.5) is 10.5 Å². The van der Waals surface area contributed by atoms with Gasteiger partial charge in [-0.3, -0.25) is 24.9 Å². The molecule has 3 rings (SSSR count). The lowest BCUT2D eigenvalue weighted by atomic mass is 9.93. The SMILES string of the molecule is Cn1nc(C2CCC(=O)NC2=O)c2cccc(NC(=O)OC(C)(C)C)c21. The first kappa shape index (κ1) is 17.9. The highest BCUT2D eigenvalue weighted by Gasteiger charge is 2.32. The van der Waals surface area contributed by atoms with E-state index in [0.717, 1.165) is 5.39 Å². The standard InChI is InChI=1S/C18H22N4O4/c1-18(2,3)26-17(25)19-12-7-5-6-10-14(21-22(4)15(10)12)11-8-9-13(23)20-16(11)24/h5-7,11H,8-9H2,1-4H3,(H,19,25)(H,20,23,24). The number of fused-ring (bicyclic) bond motifs is 1. The number of aromatic nitrogens is 2. The third-order valence-corrected chi connectivity index (χ3v) is 4.10. The van der Waals surface area contributed by atoms with E-state index in [1.165, 1.54) is 0 Å². The van der Waals surface area contributed by atoms with E-state index in [1.807, 2.05) is 6.07 Å². The Morgan fingerprint density at radius 3 is 2.73 bits per heavy atom. The summed E-state index contributed by atoms with van der Waals surface area (Å²) in [6.45, 7) is 5.37. The van der Waals surface area contributed by atoms with Crippen LogP contribution in [0.15, 0.2) is 18.2 Å². The van der Waals surface area contributed by atoms with Gasteiger partial charge >= 0.3 is 6.09 Å². The number of piperidine rings is 1. The molecule has 2 heterocycles. The zero-order valence-electron chi connectivity index (χ0n) is 15.3. The lowest BCUT2D eigenvalue weighted by Gasteiger charge is -2.20. The molecule has 1 aliphatic rings. The molecule has 1 aromatic heterocycles. The van der Waals surface area contributed by atoms with Crippen molar-refractivity contribution in [2.45, 2.75) is 45.1 Å². The van der Waals surface area contributed by atoms with E-state index in [4.69, 9.17) is 4.74 Å². The van der Waals surface area contributed by atoms with E-state index in [0.29, 0.717) is 23.3 Å². The van der Waals surface area contributed by atoms with Crippen LogP contribution in [0.2, 0.25) is 0 Å². The number of hydrogen-bond donors (Lipinski definition) is 2. The number of hydrogen-bond acceptors (Lipinski definition) is 5. The van der Waals surface area contributed by atoms with Crippen molar-refractivity contribution in [3.05, 3.63) is 23.9 Å². The predicted octanol–water partition coefficient (Wildman–Crippen LogP) is 2.44. The minimum Gasteiger partial charge on any atom is -0.444 e. The number of nitrogens with zero attached hydrogens (tertiary/aromatic N) is 2. The fourth-order valence-electron chi connectivity index (χ4n) is 3.09. The molecule has 2 aromatic rings. The zero-order chi connectivity index (χ0) is 19.1. The second kappa shape index (κ2) is 6.44. The molecule has 8 nitrogen and oxygen atoms in total. The molecule has 1 aliphatic heterocycles. The van der Waals surface area contributed by atoms with Crippen LogP contribution in [0.5, 0.6) is 0 Å². The molecule has 0 bridgehead atoms. The van der Waals surface area contributed by atoms with Crippen LogP contribution in [-0.2, 0) is 21.4 Å². The molecular weight excluding hydrogens is 336 g/mol. The number of amides is 3. The maximum absolute atomic E-state index is 12.2. The Morgan fingerprint density at radius 2 is 2.08 bits per heavy atom. The number of anilines is 1. The van der Waals surface area contributed by atoms with Crippen molar-refractivity contribution < 1.29 is 19.1 Å². The summed E-state index contributed by atoms with van der Waals surface area (Å²) < 4.78 is 6.93. The van der Waals surface area contributed by atoms with Gasteiger partial charge in [0.05, 0.1) is 22.8 Å². The highest BCUT2D eigenvalue weighted by atomic mass is 16.6. The molecule has 0 radical (unpaired) electrons. The molecule has 138 valence electrons. The number of benzene rings is 1. The van der Waals surface area contributed by atoms with Crippen molar-refractivity contribution in [2.24, 2.45) is 7.05 Å². The summed E-state index contributed by atoms with van der Waals surface area (Å²) in [5, 5.41) is 10.3. The molecule has 1 atom stereocenters. The smallest absolute Gasteiger partial charge is 0.412 e. The zero-order valence-corrected chi connectivity index (χ0v) is 15.3. The Morgan fingerprint density at radius 1 is 1.35 bits per heavy atom. The van der Waals surface area contributed by atoms with Gasteiger partial charge in [-0.1, -0.05) is 12.1 Å². The third-order valence-electron chi connectivity index (χ3n) is 4.10. The number of aryl methyl sites for hydroxylation is 1. The third kappa shape index (κ3) is 3.54. The average molecular weight is 358 g/mol. The van der Waals surface area contributed by atoms with Gasteiger partial charge in [-0.15, -0.1) is 0 Å². The number of nitrogens with one attached hydrogen (secondary N) is 2. The Kier molecular flexibility index (Phi) is 4.43. The molecule has 0 spiro atoms. The molecule has 1 saturated heterocycles. The van der Waals surface area contributed by atoms with Crippen LogP contribution >= 0.6 is 0 Å². The summed E-state index contributed by atoms with van der Waals surface area (Å²) in [6.07, 6.45) is 0.138. The van der Waals surface area contributed by atoms with E-state index in [2.05, 4.69) is 15.7 Å². The highest BCUT2D eigenvalue weighted by molar-refractivity contribution is 6.04. The lowest BCUT2D eigenvalue weighted by molar-refractivity contribution is -0.134. The summed E-state index contributed by atoms with van der Waals surface area (Å²) >= 11 is 0. The van der Waals surface area contributed by atoms with Gasteiger partial charge in [0.2, 0.25) is 11.8 Å². The van der Waals surface area contributed by atoms with Crippen LogP contribution < -0.4 is 10.6 Å². The van der Waals surface area contributed by atoms with Crippen molar-refractivity contribution in [1.82, 2.24) is 15.1 Å². The topological polar surface area (TPSA) is 102 Å². The molecule has 0 aliphatic carbocycles. The van der Waals surface area contributed by atoms with Crippen LogP contribution in [0, 0.1) is 0 Å². The maximum Gasteiger partial charge on any atom is 0.412 e. The second-order valence-electron chi connectivity index (χ2n) is 7.34. The summed E-state index contributed by atoms with van der Waals surface area (Å²) in [7, 11) is 1.75. The Balaban J connectivity index is 1.96. The first-order chi connectivity index (χ1) is 12.2. The summed E-state index contributed by atoms with van der Waals surface area (Å²) in [4.78, 5) is 35.7. The van der Waals surface area contributed by atoms with Crippen molar-refractivity contribution in [3.63, 3.8) is 0 Å². The van der Waals surface area contributed by atoms with E-state index < -0.39 is 17.6 Å². The molecule has 8 heteroatoms. The van der Waals surface area contributed by atoms with Gasteiger partial charge in [0.15, 0.2) is 0 Å². The van der Waals surface area contributed by atoms with Crippen LogP contribution in [0.1, 0.15) is 45.2 Å². The van der Waals surface area contributed by atoms with Crippen LogP contribution in [-0.4, -0.2) is 33.3 Å². The maximum atomic E-state index is 12.2. The number of para-hydroxylation sites is 1. The molecule has 26 heavy (non-hydrogen) atoms. The van der Waals surface area contributed by atoms with Gasteiger partial charge in [-0.05, 0) is 33.3 Å². The van der Waals surface area contributed by atoms with E-state index >= 15 is 0 Å². The summed E-state index contributed by atoms with van der Waals surface area (Å²) in [5.41, 5.74) is 1.23. The first-order valence-corrected chi connectivity index (χ1v) is 8.45. The molecule has 2 N–H and O–H groups in total. The largest absolute Gasteiger partial charge is 0.444 e. The van der Waals surface area contributed by atoms with Crippen molar-refractivity contribution in [2.75, 3.05) is 5.32 Å². The van der Waals surface area contributed by atoms with Gasteiger partial charge in [-0.25, -0.2) is 4.79 Å².